The Morgan fingerprint density at radius 2 is 1.87 bits per heavy atom. The molecule has 0 aliphatic rings. The van der Waals surface area contributed by atoms with Crippen molar-refractivity contribution < 1.29 is 14.3 Å². The Labute approximate surface area is 152 Å². The van der Waals surface area contributed by atoms with Gasteiger partial charge in [-0.15, -0.1) is 11.3 Å². The number of carbonyl (C=O) groups excluding carboxylic acids is 2. The second-order valence-electron chi connectivity index (χ2n) is 4.39. The molecule has 4 nitrogen and oxygen atoms in total. The summed E-state index contributed by atoms with van der Waals surface area (Å²) in [5.74, 6) is -1.39. The maximum absolute atomic E-state index is 12.1. The normalized spacial score (nSPS) is 11.1. The minimum Gasteiger partial charge on any atom is -0.462 e. The van der Waals surface area contributed by atoms with Gasteiger partial charge in [0.15, 0.2) is 0 Å². The molecule has 1 amide bonds. The largest absolute Gasteiger partial charge is 0.462 e. The van der Waals surface area contributed by atoms with Gasteiger partial charge in [-0.2, -0.15) is 0 Å². The maximum Gasteiger partial charge on any atom is 0.341 e. The first-order valence-electron chi connectivity index (χ1n) is 6.57. The van der Waals surface area contributed by atoms with Gasteiger partial charge in [-0.3, -0.25) is 4.79 Å². The Morgan fingerprint density at radius 3 is 2.43 bits per heavy atom. The molecule has 0 bridgehead atoms. The summed E-state index contributed by atoms with van der Waals surface area (Å²) < 4.78 is 2.88. The Morgan fingerprint density at radius 1 is 1.22 bits per heavy atom. The Kier molecular flexibility index (Phi) is 5.92. The van der Waals surface area contributed by atoms with Crippen LogP contribution in [0.25, 0.3) is 10.4 Å². The number of ether oxygens (including phenoxy) is 1. The van der Waals surface area contributed by atoms with Crippen LogP contribution in [0.5, 0.6) is 0 Å². The summed E-state index contributed by atoms with van der Waals surface area (Å²) in [5, 5.41) is 2.74. The smallest absolute Gasteiger partial charge is 0.341 e. The number of benzene rings is 1. The third kappa shape index (κ3) is 4.61. The second kappa shape index (κ2) is 7.53. The van der Waals surface area contributed by atoms with E-state index in [-0.39, 0.29) is 17.2 Å². The van der Waals surface area contributed by atoms with E-state index in [1.165, 1.54) is 11.3 Å². The molecule has 1 N–H and O–H groups in total. The van der Waals surface area contributed by atoms with E-state index in [9.17, 15) is 9.59 Å². The van der Waals surface area contributed by atoms with E-state index in [4.69, 9.17) is 39.5 Å². The van der Waals surface area contributed by atoms with Crippen LogP contribution < -0.4 is 5.32 Å². The molecule has 0 saturated heterocycles. The van der Waals surface area contributed by atoms with Crippen molar-refractivity contribution in [1.82, 2.24) is 0 Å². The van der Waals surface area contributed by atoms with Gasteiger partial charge in [-0.05, 0) is 18.6 Å². The van der Waals surface area contributed by atoms with Crippen molar-refractivity contribution in [3.8, 4) is 10.4 Å². The number of halogens is 3. The van der Waals surface area contributed by atoms with Crippen LogP contribution in [0.1, 0.15) is 17.3 Å². The summed E-state index contributed by atoms with van der Waals surface area (Å²) in [4.78, 5) is 24.7. The van der Waals surface area contributed by atoms with Crippen molar-refractivity contribution in [2.24, 2.45) is 0 Å². The molecule has 1 aromatic carbocycles. The number of amides is 1. The van der Waals surface area contributed by atoms with Crippen LogP contribution in [0, 0.1) is 0 Å². The third-order valence-corrected chi connectivity index (χ3v) is 4.38. The number of alkyl halides is 3. The van der Waals surface area contributed by atoms with Gasteiger partial charge in [0.1, 0.15) is 5.00 Å². The molecule has 0 saturated carbocycles. The number of rotatable bonds is 4. The van der Waals surface area contributed by atoms with Crippen LogP contribution in [0.2, 0.25) is 0 Å². The SMILES string of the molecule is CCOC(=O)c1cc(-c2ccccc2)sc1NC(=O)C(Cl)(Cl)Cl. The molecule has 122 valence electrons. The third-order valence-electron chi connectivity index (χ3n) is 2.77. The number of anilines is 1. The summed E-state index contributed by atoms with van der Waals surface area (Å²) in [6, 6.07) is 11.1. The molecule has 0 fully saturated rings. The highest BCUT2D eigenvalue weighted by Gasteiger charge is 2.32. The molecule has 2 rings (SSSR count). The molecule has 23 heavy (non-hydrogen) atoms. The van der Waals surface area contributed by atoms with E-state index < -0.39 is 15.7 Å². The number of hydrogen-bond acceptors (Lipinski definition) is 4. The standard InChI is InChI=1S/C15H12Cl3NO3S/c1-2-22-13(20)10-8-11(9-6-4-3-5-7-9)23-12(10)19-14(21)15(16,17)18/h3-8H,2H2,1H3,(H,19,21). The lowest BCUT2D eigenvalue weighted by Gasteiger charge is -2.11. The van der Waals surface area contributed by atoms with Crippen molar-refractivity contribution in [3.05, 3.63) is 42.0 Å². The molecule has 2 aromatic rings. The van der Waals surface area contributed by atoms with Gasteiger partial charge in [-0.1, -0.05) is 65.1 Å². The van der Waals surface area contributed by atoms with Gasteiger partial charge >= 0.3 is 5.97 Å². The molecular formula is C15H12Cl3NO3S. The molecule has 0 atom stereocenters. The van der Waals surface area contributed by atoms with E-state index in [0.29, 0.717) is 0 Å². The van der Waals surface area contributed by atoms with E-state index >= 15 is 0 Å². The number of esters is 1. The zero-order chi connectivity index (χ0) is 17.0. The topological polar surface area (TPSA) is 55.4 Å². The molecule has 0 aliphatic carbocycles. The van der Waals surface area contributed by atoms with Crippen LogP contribution >= 0.6 is 46.1 Å². The van der Waals surface area contributed by atoms with Crippen LogP contribution in [0.4, 0.5) is 5.00 Å². The minimum absolute atomic E-state index is 0.215. The van der Waals surface area contributed by atoms with Gasteiger partial charge < -0.3 is 10.1 Å². The quantitative estimate of drug-likeness (QED) is 0.594. The number of carbonyl (C=O) groups is 2. The van der Waals surface area contributed by atoms with Gasteiger partial charge in [0.2, 0.25) is 0 Å². The fourth-order valence-corrected chi connectivity index (χ4v) is 2.95. The Bertz CT molecular complexity index is 711. The molecule has 8 heteroatoms. The number of thiophene rings is 1. The van der Waals surface area contributed by atoms with Gasteiger partial charge in [0.05, 0.1) is 12.2 Å². The lowest BCUT2D eigenvalue weighted by atomic mass is 10.1. The van der Waals surface area contributed by atoms with Crippen LogP contribution in [0.15, 0.2) is 36.4 Å². The molecule has 1 heterocycles. The maximum atomic E-state index is 12.1. The lowest BCUT2D eigenvalue weighted by molar-refractivity contribution is -0.115. The molecule has 0 aliphatic heterocycles. The fourth-order valence-electron chi connectivity index (χ4n) is 1.76. The zero-order valence-electron chi connectivity index (χ0n) is 11.9. The first kappa shape index (κ1) is 18.1. The minimum atomic E-state index is -2.12. The highest BCUT2D eigenvalue weighted by molar-refractivity contribution is 7.20. The summed E-state index contributed by atoms with van der Waals surface area (Å²) in [6.45, 7) is 1.91. The predicted molar refractivity (Wildman–Crippen MR) is 94.6 cm³/mol. The summed E-state index contributed by atoms with van der Waals surface area (Å²) >= 11 is 17.9. The van der Waals surface area contributed by atoms with E-state index in [2.05, 4.69) is 5.32 Å². The van der Waals surface area contributed by atoms with Gasteiger partial charge in [0.25, 0.3) is 9.70 Å². The lowest BCUT2D eigenvalue weighted by Crippen LogP contribution is -2.27. The predicted octanol–water partition coefficient (Wildman–Crippen LogP) is 4.90. The zero-order valence-corrected chi connectivity index (χ0v) is 15.0. The average molecular weight is 393 g/mol. The number of nitrogens with one attached hydrogen (secondary N) is 1. The van der Waals surface area contributed by atoms with E-state index in [1.807, 2.05) is 30.3 Å². The van der Waals surface area contributed by atoms with Crippen molar-refractivity contribution in [1.29, 1.82) is 0 Å². The van der Waals surface area contributed by atoms with Gasteiger partial charge in [0, 0.05) is 4.88 Å². The first-order valence-corrected chi connectivity index (χ1v) is 8.52. The summed E-state index contributed by atoms with van der Waals surface area (Å²) in [7, 11) is 0. The highest BCUT2D eigenvalue weighted by atomic mass is 35.6. The van der Waals surface area contributed by atoms with Crippen LogP contribution in [-0.2, 0) is 9.53 Å². The first-order chi connectivity index (χ1) is 10.8. The highest BCUT2D eigenvalue weighted by Crippen LogP contribution is 2.37. The Hall–Kier alpha value is -1.27. The van der Waals surface area contributed by atoms with Crippen molar-refractivity contribution in [2.75, 3.05) is 11.9 Å². The average Bonchev–Trinajstić information content (AvgIpc) is 2.91. The van der Waals surface area contributed by atoms with Crippen molar-refractivity contribution >= 4 is 63.0 Å². The molecule has 1 aromatic heterocycles. The molecular weight excluding hydrogens is 381 g/mol. The van der Waals surface area contributed by atoms with Gasteiger partial charge in [-0.25, -0.2) is 4.79 Å². The number of hydrogen-bond donors (Lipinski definition) is 1. The Balaban J connectivity index is 2.40. The van der Waals surface area contributed by atoms with Crippen molar-refractivity contribution in [2.45, 2.75) is 10.7 Å². The molecule has 0 spiro atoms. The van der Waals surface area contributed by atoms with E-state index in [1.54, 1.807) is 13.0 Å². The second-order valence-corrected chi connectivity index (χ2v) is 7.73. The van der Waals surface area contributed by atoms with Crippen LogP contribution in [-0.4, -0.2) is 22.3 Å². The summed E-state index contributed by atoms with van der Waals surface area (Å²) in [5.41, 5.74) is 1.12. The fraction of sp³-hybridized carbons (Fsp3) is 0.200. The van der Waals surface area contributed by atoms with Crippen LogP contribution in [0.3, 0.4) is 0 Å². The van der Waals surface area contributed by atoms with E-state index in [0.717, 1.165) is 10.4 Å². The molecule has 0 unspecified atom stereocenters. The molecule has 0 radical (unpaired) electrons. The summed E-state index contributed by atoms with van der Waals surface area (Å²) in [6.07, 6.45) is 0. The monoisotopic (exact) mass is 391 g/mol. The van der Waals surface area contributed by atoms with Crippen molar-refractivity contribution in [3.63, 3.8) is 0 Å².